The average Bonchev–Trinajstić information content (AvgIpc) is 2.89. The highest BCUT2D eigenvalue weighted by atomic mass is 16.2. The van der Waals surface area contributed by atoms with Crippen molar-refractivity contribution < 1.29 is 14.4 Å². The first-order valence-corrected chi connectivity index (χ1v) is 8.36. The smallest absolute Gasteiger partial charge is 0.321 e. The van der Waals surface area contributed by atoms with Gasteiger partial charge in [-0.15, -0.1) is 0 Å². The maximum Gasteiger partial charge on any atom is 0.321 e. The molecule has 0 atom stereocenters. The summed E-state index contributed by atoms with van der Waals surface area (Å²) in [4.78, 5) is 39.0. The fraction of sp³-hybridized carbons (Fsp3) is 0.471. The number of carbonyl (C=O) groups is 3. The van der Waals surface area contributed by atoms with E-state index in [1.54, 1.807) is 34.1 Å². The monoisotopic (exact) mass is 330 g/mol. The Kier molecular flexibility index (Phi) is 4.98. The highest BCUT2D eigenvalue weighted by Gasteiger charge is 2.21. The molecule has 7 heteroatoms. The van der Waals surface area contributed by atoms with Crippen molar-refractivity contribution in [3.8, 4) is 0 Å². The Morgan fingerprint density at radius 1 is 1.08 bits per heavy atom. The Bertz CT molecular complexity index is 629. The quantitative estimate of drug-likeness (QED) is 0.879. The lowest BCUT2D eigenvalue weighted by molar-refractivity contribution is -0.134. The lowest BCUT2D eigenvalue weighted by atomic mass is 10.2. The number of nitrogens with one attached hydrogen (secondary N) is 2. The van der Waals surface area contributed by atoms with Crippen LogP contribution < -0.4 is 15.5 Å². The Balaban J connectivity index is 1.56. The zero-order valence-electron chi connectivity index (χ0n) is 13.6. The van der Waals surface area contributed by atoms with Gasteiger partial charge < -0.3 is 15.5 Å². The molecule has 2 N–H and O–H groups in total. The van der Waals surface area contributed by atoms with E-state index in [0.717, 1.165) is 24.9 Å². The zero-order chi connectivity index (χ0) is 16.9. The topological polar surface area (TPSA) is 81.8 Å². The summed E-state index contributed by atoms with van der Waals surface area (Å²) in [7, 11) is 0. The van der Waals surface area contributed by atoms with E-state index >= 15 is 0 Å². The molecule has 2 aliphatic rings. The summed E-state index contributed by atoms with van der Waals surface area (Å²) in [6, 6.07) is 7.04. The summed E-state index contributed by atoms with van der Waals surface area (Å²) in [5, 5.41) is 5.56. The zero-order valence-corrected chi connectivity index (χ0v) is 13.6. The number of hydrogen-bond acceptors (Lipinski definition) is 3. The lowest BCUT2D eigenvalue weighted by Crippen LogP contribution is -2.37. The summed E-state index contributed by atoms with van der Waals surface area (Å²) in [5.41, 5.74) is 1.45. The minimum atomic E-state index is -0.197. The lowest BCUT2D eigenvalue weighted by Gasteiger charge is -2.20. The summed E-state index contributed by atoms with van der Waals surface area (Å²) < 4.78 is 0. The minimum absolute atomic E-state index is 0.0537. The van der Waals surface area contributed by atoms with E-state index in [1.807, 2.05) is 0 Å². The molecule has 4 amide bonds. The van der Waals surface area contributed by atoms with Gasteiger partial charge in [0.15, 0.2) is 0 Å². The predicted octanol–water partition coefficient (Wildman–Crippen LogP) is 1.56. The SMILES string of the molecule is O=C(CN1CCCCCC1=O)Nc1ccc(N2CCNC2=O)cc1. The Hall–Kier alpha value is -2.57. The molecule has 128 valence electrons. The van der Waals surface area contributed by atoms with Gasteiger partial charge >= 0.3 is 6.03 Å². The molecule has 1 aromatic carbocycles. The van der Waals surface area contributed by atoms with Crippen LogP contribution in [0, 0.1) is 0 Å². The first-order chi connectivity index (χ1) is 11.6. The maximum absolute atomic E-state index is 12.2. The fourth-order valence-corrected chi connectivity index (χ4v) is 3.02. The summed E-state index contributed by atoms with van der Waals surface area (Å²) >= 11 is 0. The molecule has 2 aliphatic heterocycles. The van der Waals surface area contributed by atoms with Crippen molar-refractivity contribution in [2.45, 2.75) is 25.7 Å². The Morgan fingerprint density at radius 3 is 2.58 bits per heavy atom. The van der Waals surface area contributed by atoms with Crippen molar-refractivity contribution in [3.63, 3.8) is 0 Å². The maximum atomic E-state index is 12.2. The van der Waals surface area contributed by atoms with Gasteiger partial charge in [-0.2, -0.15) is 0 Å². The van der Waals surface area contributed by atoms with Crippen LogP contribution in [0.2, 0.25) is 0 Å². The van der Waals surface area contributed by atoms with Gasteiger partial charge in [-0.3, -0.25) is 14.5 Å². The van der Waals surface area contributed by atoms with Crippen LogP contribution in [0.4, 0.5) is 16.2 Å². The molecule has 0 radical (unpaired) electrons. The van der Waals surface area contributed by atoms with E-state index in [9.17, 15) is 14.4 Å². The number of urea groups is 1. The van der Waals surface area contributed by atoms with Crippen molar-refractivity contribution in [2.24, 2.45) is 0 Å². The molecule has 0 spiro atoms. The van der Waals surface area contributed by atoms with Crippen molar-refractivity contribution in [2.75, 3.05) is 36.4 Å². The number of hydrogen-bond donors (Lipinski definition) is 2. The van der Waals surface area contributed by atoms with Gasteiger partial charge in [0.25, 0.3) is 0 Å². The average molecular weight is 330 g/mol. The predicted molar refractivity (Wildman–Crippen MR) is 90.9 cm³/mol. The minimum Gasteiger partial charge on any atom is -0.336 e. The largest absolute Gasteiger partial charge is 0.336 e. The normalized spacial score (nSPS) is 18.3. The van der Waals surface area contributed by atoms with Gasteiger partial charge in [0.05, 0.1) is 6.54 Å². The van der Waals surface area contributed by atoms with E-state index in [1.165, 1.54) is 0 Å². The third kappa shape index (κ3) is 3.84. The van der Waals surface area contributed by atoms with E-state index in [2.05, 4.69) is 10.6 Å². The van der Waals surface area contributed by atoms with Crippen LogP contribution >= 0.6 is 0 Å². The van der Waals surface area contributed by atoms with Crippen LogP contribution in [0.15, 0.2) is 24.3 Å². The van der Waals surface area contributed by atoms with Crippen LogP contribution in [-0.4, -0.2) is 48.9 Å². The number of rotatable bonds is 4. The van der Waals surface area contributed by atoms with E-state index in [4.69, 9.17) is 0 Å². The first-order valence-electron chi connectivity index (χ1n) is 8.36. The van der Waals surface area contributed by atoms with Crippen LogP contribution in [0.1, 0.15) is 25.7 Å². The summed E-state index contributed by atoms with van der Waals surface area (Å²) in [6.45, 7) is 2.02. The van der Waals surface area contributed by atoms with Crippen molar-refractivity contribution in [1.29, 1.82) is 0 Å². The Labute approximate surface area is 141 Å². The van der Waals surface area contributed by atoms with Gasteiger partial charge in [-0.25, -0.2) is 4.79 Å². The van der Waals surface area contributed by atoms with Crippen LogP contribution in [0.5, 0.6) is 0 Å². The number of nitrogens with zero attached hydrogens (tertiary/aromatic N) is 2. The van der Waals surface area contributed by atoms with Crippen molar-refractivity contribution >= 4 is 29.2 Å². The molecule has 1 aromatic rings. The molecular weight excluding hydrogens is 308 g/mol. The molecule has 0 aliphatic carbocycles. The summed E-state index contributed by atoms with van der Waals surface area (Å²) in [6.07, 6.45) is 3.42. The third-order valence-electron chi connectivity index (χ3n) is 4.33. The second-order valence-electron chi connectivity index (χ2n) is 6.10. The van der Waals surface area contributed by atoms with Gasteiger partial charge in [0.2, 0.25) is 11.8 Å². The second kappa shape index (κ2) is 7.33. The van der Waals surface area contributed by atoms with E-state index in [0.29, 0.717) is 31.7 Å². The summed E-state index contributed by atoms with van der Waals surface area (Å²) in [5.74, 6) is -0.144. The molecule has 0 bridgehead atoms. The van der Waals surface area contributed by atoms with Crippen LogP contribution in [0.3, 0.4) is 0 Å². The molecule has 24 heavy (non-hydrogen) atoms. The van der Waals surface area contributed by atoms with Gasteiger partial charge in [-0.1, -0.05) is 6.42 Å². The number of amides is 4. The van der Waals surface area contributed by atoms with Crippen LogP contribution in [0.25, 0.3) is 0 Å². The van der Waals surface area contributed by atoms with Gasteiger partial charge in [0, 0.05) is 37.4 Å². The molecule has 2 heterocycles. The third-order valence-corrected chi connectivity index (χ3v) is 4.33. The standard InChI is InChI=1S/C17H22N4O3/c22-15(12-20-10-3-1-2-4-16(20)23)19-13-5-7-14(8-6-13)21-11-9-18-17(21)24/h5-8H,1-4,9-12H2,(H,18,24)(H,19,22). The number of likely N-dealkylation sites (tertiary alicyclic amines) is 1. The molecule has 0 unspecified atom stereocenters. The molecule has 2 saturated heterocycles. The second-order valence-corrected chi connectivity index (χ2v) is 6.10. The van der Waals surface area contributed by atoms with E-state index in [-0.39, 0.29) is 24.4 Å². The molecule has 0 aromatic heterocycles. The van der Waals surface area contributed by atoms with Crippen LogP contribution in [-0.2, 0) is 9.59 Å². The molecular formula is C17H22N4O3. The molecule has 2 fully saturated rings. The van der Waals surface area contributed by atoms with E-state index < -0.39 is 0 Å². The molecule has 3 rings (SSSR count). The first kappa shape index (κ1) is 16.3. The van der Waals surface area contributed by atoms with Gasteiger partial charge in [0.1, 0.15) is 0 Å². The van der Waals surface area contributed by atoms with Gasteiger partial charge in [-0.05, 0) is 37.1 Å². The highest BCUT2D eigenvalue weighted by molar-refractivity contribution is 5.96. The highest BCUT2D eigenvalue weighted by Crippen LogP contribution is 2.19. The van der Waals surface area contributed by atoms with Crippen molar-refractivity contribution in [3.05, 3.63) is 24.3 Å². The number of carbonyl (C=O) groups excluding carboxylic acids is 3. The molecule has 7 nitrogen and oxygen atoms in total. The number of benzene rings is 1. The van der Waals surface area contributed by atoms with Crippen molar-refractivity contribution in [1.82, 2.24) is 10.2 Å². The molecule has 0 saturated carbocycles. The fourth-order valence-electron chi connectivity index (χ4n) is 3.02. The Morgan fingerprint density at radius 2 is 1.88 bits per heavy atom. The number of anilines is 2.